The second-order valence-corrected chi connectivity index (χ2v) is 3.52. The van der Waals surface area contributed by atoms with E-state index < -0.39 is 0 Å². The number of likely N-dealkylation sites (N-methyl/N-ethyl adjacent to an activating group) is 1. The van der Waals surface area contributed by atoms with E-state index in [1.165, 1.54) is 0 Å². The third-order valence-electron chi connectivity index (χ3n) is 2.47. The summed E-state index contributed by atoms with van der Waals surface area (Å²) in [7, 11) is 1.76. The van der Waals surface area contributed by atoms with E-state index in [4.69, 9.17) is 0 Å². The van der Waals surface area contributed by atoms with Crippen molar-refractivity contribution in [3.05, 3.63) is 11.4 Å². The van der Waals surface area contributed by atoms with Crippen LogP contribution < -0.4 is 5.32 Å². The van der Waals surface area contributed by atoms with Crippen molar-refractivity contribution in [2.45, 2.75) is 25.8 Å². The molecule has 1 aliphatic rings. The van der Waals surface area contributed by atoms with Crippen LogP contribution in [0.4, 0.5) is 0 Å². The Balaban J connectivity index is 2.25. The second-order valence-electron chi connectivity index (χ2n) is 3.52. The molecular formula is C9H14N4O. The third-order valence-corrected chi connectivity index (χ3v) is 2.47. The topological polar surface area (TPSA) is 59.8 Å². The maximum atomic E-state index is 11.6. The minimum absolute atomic E-state index is 0.0376. The quantitative estimate of drug-likeness (QED) is 0.689. The minimum Gasteiger partial charge on any atom is -0.313 e. The summed E-state index contributed by atoms with van der Waals surface area (Å²) in [5, 5.41) is 10.8. The van der Waals surface area contributed by atoms with E-state index in [-0.39, 0.29) is 5.78 Å². The number of hydrogen-bond donors (Lipinski definition) is 1. The number of fused-ring (bicyclic) bond motifs is 1. The van der Waals surface area contributed by atoms with Gasteiger partial charge in [0.2, 0.25) is 0 Å². The fourth-order valence-corrected chi connectivity index (χ4v) is 1.77. The Morgan fingerprint density at radius 1 is 1.57 bits per heavy atom. The maximum Gasteiger partial charge on any atom is 0.198 e. The van der Waals surface area contributed by atoms with Crippen molar-refractivity contribution < 1.29 is 4.79 Å². The number of rotatable bonds is 3. The van der Waals surface area contributed by atoms with E-state index in [2.05, 4.69) is 15.6 Å². The van der Waals surface area contributed by atoms with Gasteiger partial charge in [0.05, 0.1) is 12.2 Å². The number of aryl methyl sites for hydroxylation is 1. The lowest BCUT2D eigenvalue weighted by atomic mass is 10.1. The van der Waals surface area contributed by atoms with Gasteiger partial charge in [-0.2, -0.15) is 0 Å². The van der Waals surface area contributed by atoms with Gasteiger partial charge in [-0.1, -0.05) is 5.21 Å². The monoisotopic (exact) mass is 194 g/mol. The zero-order valence-corrected chi connectivity index (χ0v) is 8.29. The van der Waals surface area contributed by atoms with Crippen molar-refractivity contribution >= 4 is 5.78 Å². The first-order chi connectivity index (χ1) is 6.83. The van der Waals surface area contributed by atoms with Crippen LogP contribution in [0.5, 0.6) is 0 Å². The molecule has 0 bridgehead atoms. The van der Waals surface area contributed by atoms with Crippen molar-refractivity contribution in [3.63, 3.8) is 0 Å². The lowest BCUT2D eigenvalue weighted by molar-refractivity contribution is 0.0987. The molecule has 0 unspecified atom stereocenters. The summed E-state index contributed by atoms with van der Waals surface area (Å²) in [5.74, 6) is 0.0376. The average Bonchev–Trinajstić information content (AvgIpc) is 2.61. The summed E-state index contributed by atoms with van der Waals surface area (Å²) in [6, 6.07) is 0. The molecule has 1 N–H and O–H groups in total. The number of aromatic nitrogens is 3. The highest BCUT2D eigenvalue weighted by Gasteiger charge is 2.20. The first-order valence-corrected chi connectivity index (χ1v) is 4.93. The standard InChI is InChI=1S/C9H14N4O/c1-10-6-8(14)9-7-4-2-3-5-13(7)12-11-9/h10H,2-6H2,1H3. The molecule has 14 heavy (non-hydrogen) atoms. The zero-order chi connectivity index (χ0) is 9.97. The van der Waals surface area contributed by atoms with Crippen LogP contribution in [0.25, 0.3) is 0 Å². The Morgan fingerprint density at radius 2 is 2.43 bits per heavy atom. The largest absolute Gasteiger partial charge is 0.313 e. The number of hydrogen-bond acceptors (Lipinski definition) is 4. The molecule has 1 aliphatic heterocycles. The number of Topliss-reactive ketones (excluding diaryl/α,β-unsaturated/α-hetero) is 1. The van der Waals surface area contributed by atoms with Crippen LogP contribution in [0.15, 0.2) is 0 Å². The van der Waals surface area contributed by atoms with Crippen molar-refractivity contribution in [2.75, 3.05) is 13.6 Å². The van der Waals surface area contributed by atoms with Gasteiger partial charge in [0.1, 0.15) is 0 Å². The molecule has 0 radical (unpaired) electrons. The first-order valence-electron chi connectivity index (χ1n) is 4.93. The van der Waals surface area contributed by atoms with Crippen LogP contribution in [0.3, 0.4) is 0 Å². The van der Waals surface area contributed by atoms with E-state index >= 15 is 0 Å². The maximum absolute atomic E-state index is 11.6. The van der Waals surface area contributed by atoms with Crippen LogP contribution >= 0.6 is 0 Å². The number of carbonyl (C=O) groups is 1. The number of carbonyl (C=O) groups excluding carboxylic acids is 1. The Kier molecular flexibility index (Phi) is 2.58. The zero-order valence-electron chi connectivity index (χ0n) is 8.29. The molecular weight excluding hydrogens is 180 g/mol. The number of ketones is 1. The van der Waals surface area contributed by atoms with Crippen LogP contribution in [-0.4, -0.2) is 34.4 Å². The van der Waals surface area contributed by atoms with Crippen molar-refractivity contribution in [2.24, 2.45) is 0 Å². The summed E-state index contributed by atoms with van der Waals surface area (Å²) < 4.78 is 1.85. The Bertz CT molecular complexity index is 345. The van der Waals surface area contributed by atoms with Crippen LogP contribution in [0.1, 0.15) is 29.0 Å². The van der Waals surface area contributed by atoms with Gasteiger partial charge in [0.15, 0.2) is 11.5 Å². The normalized spacial score (nSPS) is 15.2. The molecule has 5 heteroatoms. The first kappa shape index (κ1) is 9.33. The summed E-state index contributed by atoms with van der Waals surface area (Å²) in [4.78, 5) is 11.6. The fraction of sp³-hybridized carbons (Fsp3) is 0.667. The van der Waals surface area contributed by atoms with Gasteiger partial charge in [0, 0.05) is 6.54 Å². The lowest BCUT2D eigenvalue weighted by Crippen LogP contribution is -2.21. The molecule has 1 aromatic heterocycles. The van der Waals surface area contributed by atoms with E-state index in [1.807, 2.05) is 4.68 Å². The van der Waals surface area contributed by atoms with E-state index in [0.29, 0.717) is 12.2 Å². The number of nitrogens with one attached hydrogen (secondary N) is 1. The SMILES string of the molecule is CNCC(=O)c1nnn2c1CCCC2. The highest BCUT2D eigenvalue weighted by atomic mass is 16.1. The Hall–Kier alpha value is -1.23. The van der Waals surface area contributed by atoms with Gasteiger partial charge >= 0.3 is 0 Å². The third kappa shape index (κ3) is 1.55. The molecule has 0 spiro atoms. The predicted molar refractivity (Wildman–Crippen MR) is 51.2 cm³/mol. The molecule has 5 nitrogen and oxygen atoms in total. The van der Waals surface area contributed by atoms with E-state index in [9.17, 15) is 4.79 Å². The highest BCUT2D eigenvalue weighted by Crippen LogP contribution is 2.16. The second kappa shape index (κ2) is 3.88. The summed E-state index contributed by atoms with van der Waals surface area (Å²) >= 11 is 0. The fourth-order valence-electron chi connectivity index (χ4n) is 1.77. The van der Waals surface area contributed by atoms with Gasteiger partial charge in [0.25, 0.3) is 0 Å². The Labute approximate surface area is 82.5 Å². The molecule has 0 aliphatic carbocycles. The molecule has 1 aromatic rings. The molecule has 0 atom stereocenters. The van der Waals surface area contributed by atoms with E-state index in [1.54, 1.807) is 7.05 Å². The van der Waals surface area contributed by atoms with Gasteiger partial charge in [-0.05, 0) is 26.3 Å². The Morgan fingerprint density at radius 3 is 3.21 bits per heavy atom. The molecule has 0 fully saturated rings. The summed E-state index contributed by atoms with van der Waals surface area (Å²) in [6.07, 6.45) is 3.20. The number of nitrogens with zero attached hydrogens (tertiary/aromatic N) is 3. The van der Waals surface area contributed by atoms with Gasteiger partial charge in [-0.15, -0.1) is 5.10 Å². The van der Waals surface area contributed by atoms with Crippen molar-refractivity contribution in [1.29, 1.82) is 0 Å². The molecule has 0 aromatic carbocycles. The van der Waals surface area contributed by atoms with Crippen LogP contribution in [-0.2, 0) is 13.0 Å². The van der Waals surface area contributed by atoms with E-state index in [0.717, 1.165) is 31.5 Å². The molecule has 76 valence electrons. The predicted octanol–water partition coefficient (Wildman–Crippen LogP) is 0.0165. The van der Waals surface area contributed by atoms with Gasteiger partial charge in [-0.25, -0.2) is 4.68 Å². The minimum atomic E-state index is 0.0376. The lowest BCUT2D eigenvalue weighted by Gasteiger charge is -2.12. The van der Waals surface area contributed by atoms with Crippen LogP contribution in [0.2, 0.25) is 0 Å². The van der Waals surface area contributed by atoms with Crippen molar-refractivity contribution in [1.82, 2.24) is 20.3 Å². The van der Waals surface area contributed by atoms with Crippen molar-refractivity contribution in [3.8, 4) is 0 Å². The smallest absolute Gasteiger partial charge is 0.198 e. The summed E-state index contributed by atoms with van der Waals surface area (Å²) in [6.45, 7) is 1.24. The molecule has 0 saturated carbocycles. The average molecular weight is 194 g/mol. The van der Waals surface area contributed by atoms with Crippen LogP contribution in [0, 0.1) is 0 Å². The van der Waals surface area contributed by atoms with Gasteiger partial charge < -0.3 is 5.32 Å². The molecule has 0 amide bonds. The van der Waals surface area contributed by atoms with Gasteiger partial charge in [-0.3, -0.25) is 4.79 Å². The highest BCUT2D eigenvalue weighted by molar-refractivity contribution is 5.96. The summed E-state index contributed by atoms with van der Waals surface area (Å²) in [5.41, 5.74) is 1.57. The molecule has 0 saturated heterocycles. The molecule has 2 heterocycles. The molecule has 2 rings (SSSR count).